The van der Waals surface area contributed by atoms with Crippen molar-refractivity contribution in [3.05, 3.63) is 28.3 Å². The van der Waals surface area contributed by atoms with Crippen LogP contribution in [0.15, 0.2) is 17.0 Å². The van der Waals surface area contributed by atoms with Gasteiger partial charge in [0.05, 0.1) is 16.3 Å². The molecule has 0 aliphatic carbocycles. The number of rotatable bonds is 1. The van der Waals surface area contributed by atoms with E-state index in [4.69, 9.17) is 11.6 Å². The van der Waals surface area contributed by atoms with Crippen LogP contribution in [0.2, 0.25) is 5.02 Å². The number of thioether (sulfide) groups is 1. The summed E-state index contributed by atoms with van der Waals surface area (Å²) < 4.78 is 0. The normalized spacial score (nSPS) is 14.8. The molecule has 0 bridgehead atoms. The van der Waals surface area contributed by atoms with Crippen LogP contribution in [0.3, 0.4) is 0 Å². The molecule has 1 aromatic rings. The van der Waals surface area contributed by atoms with Crippen molar-refractivity contribution < 1.29 is 4.79 Å². The molecule has 1 aliphatic rings. The predicted octanol–water partition coefficient (Wildman–Crippen LogP) is 3.19. The molecule has 1 heterocycles. The maximum Gasteiger partial charge on any atom is 0.175 e. The second kappa shape index (κ2) is 3.35. The average molecular weight is 213 g/mol. The highest BCUT2D eigenvalue weighted by Crippen LogP contribution is 2.38. The average Bonchev–Trinajstić information content (AvgIpc) is 2.50. The number of Topliss-reactive ketones (excluding diaryl/α,β-unsaturated/α-hetero) is 1. The molecular formula is C10H9ClOS. The number of hydrogen-bond donors (Lipinski definition) is 0. The molecule has 68 valence electrons. The summed E-state index contributed by atoms with van der Waals surface area (Å²) in [5.41, 5.74) is 1.97. The lowest BCUT2D eigenvalue weighted by Crippen LogP contribution is -1.97. The summed E-state index contributed by atoms with van der Waals surface area (Å²) in [6.45, 7) is 2.09. The summed E-state index contributed by atoms with van der Waals surface area (Å²) in [5.74, 6) is 0.715. The van der Waals surface area contributed by atoms with Gasteiger partial charge in [-0.05, 0) is 18.1 Å². The Balaban J connectivity index is 2.65. The minimum atomic E-state index is 0.167. The van der Waals surface area contributed by atoms with Crippen molar-refractivity contribution in [3.63, 3.8) is 0 Å². The van der Waals surface area contributed by atoms with Gasteiger partial charge in [0.25, 0.3) is 0 Å². The lowest BCUT2D eigenvalue weighted by Gasteiger charge is -2.05. The van der Waals surface area contributed by atoms with Gasteiger partial charge in [-0.15, -0.1) is 11.8 Å². The van der Waals surface area contributed by atoms with Gasteiger partial charge in [0, 0.05) is 4.90 Å². The van der Waals surface area contributed by atoms with E-state index >= 15 is 0 Å². The van der Waals surface area contributed by atoms with Crippen LogP contribution in [0.4, 0.5) is 0 Å². The van der Waals surface area contributed by atoms with E-state index in [1.165, 1.54) is 5.56 Å². The van der Waals surface area contributed by atoms with Crippen LogP contribution in [0.5, 0.6) is 0 Å². The lowest BCUT2D eigenvalue weighted by molar-refractivity contribution is 0.102. The Kier molecular flexibility index (Phi) is 2.35. The molecule has 0 atom stereocenters. The van der Waals surface area contributed by atoms with Gasteiger partial charge in [-0.25, -0.2) is 0 Å². The van der Waals surface area contributed by atoms with Crippen molar-refractivity contribution in [2.45, 2.75) is 18.2 Å². The van der Waals surface area contributed by atoms with Crippen LogP contribution in [-0.2, 0) is 6.42 Å². The number of carbonyl (C=O) groups is 1. The Bertz CT molecular complexity index is 373. The fourth-order valence-electron chi connectivity index (χ4n) is 1.51. The standard InChI is InChI=1S/C10H9ClOS/c1-2-6-3-4-7(11)9-8(12)5-13-10(6)9/h3-4H,2,5H2,1H3. The van der Waals surface area contributed by atoms with Crippen molar-refractivity contribution in [1.29, 1.82) is 0 Å². The van der Waals surface area contributed by atoms with Crippen molar-refractivity contribution in [1.82, 2.24) is 0 Å². The molecule has 3 heteroatoms. The van der Waals surface area contributed by atoms with Gasteiger partial charge in [0.15, 0.2) is 5.78 Å². The molecule has 1 nitrogen and oxygen atoms in total. The van der Waals surface area contributed by atoms with E-state index in [9.17, 15) is 4.79 Å². The summed E-state index contributed by atoms with van der Waals surface area (Å²) in [6.07, 6.45) is 0.958. The monoisotopic (exact) mass is 212 g/mol. The molecule has 13 heavy (non-hydrogen) atoms. The van der Waals surface area contributed by atoms with Crippen molar-refractivity contribution >= 4 is 29.1 Å². The Labute approximate surface area is 86.5 Å². The Morgan fingerprint density at radius 3 is 3.00 bits per heavy atom. The van der Waals surface area contributed by atoms with E-state index in [0.29, 0.717) is 10.8 Å². The van der Waals surface area contributed by atoms with E-state index in [2.05, 4.69) is 6.92 Å². The van der Waals surface area contributed by atoms with Gasteiger partial charge < -0.3 is 0 Å². The third kappa shape index (κ3) is 1.38. The first kappa shape index (κ1) is 9.10. The molecule has 0 unspecified atom stereocenters. The largest absolute Gasteiger partial charge is 0.293 e. The highest BCUT2D eigenvalue weighted by Gasteiger charge is 2.24. The molecule has 0 aromatic heterocycles. The minimum absolute atomic E-state index is 0.167. The summed E-state index contributed by atoms with van der Waals surface area (Å²) in [5, 5.41) is 0.599. The molecule has 0 spiro atoms. The van der Waals surface area contributed by atoms with Crippen LogP contribution in [0.25, 0.3) is 0 Å². The highest BCUT2D eigenvalue weighted by atomic mass is 35.5. The van der Waals surface area contributed by atoms with Crippen molar-refractivity contribution in [2.24, 2.45) is 0 Å². The Hall–Kier alpha value is -0.470. The number of ketones is 1. The summed E-state index contributed by atoms with van der Waals surface area (Å²) in [4.78, 5) is 12.5. The number of fused-ring (bicyclic) bond motifs is 1. The third-order valence-corrected chi connectivity index (χ3v) is 3.67. The quantitative estimate of drug-likeness (QED) is 0.711. The smallest absolute Gasteiger partial charge is 0.175 e. The van der Waals surface area contributed by atoms with Crippen molar-refractivity contribution in [2.75, 3.05) is 5.75 Å². The number of benzene rings is 1. The lowest BCUT2D eigenvalue weighted by atomic mass is 10.1. The van der Waals surface area contributed by atoms with Gasteiger partial charge in [0.1, 0.15) is 0 Å². The number of aryl methyl sites for hydroxylation is 1. The van der Waals surface area contributed by atoms with Crippen LogP contribution >= 0.6 is 23.4 Å². The zero-order valence-electron chi connectivity index (χ0n) is 7.26. The predicted molar refractivity (Wildman–Crippen MR) is 55.9 cm³/mol. The van der Waals surface area contributed by atoms with Gasteiger partial charge in [0.2, 0.25) is 0 Å². The summed E-state index contributed by atoms with van der Waals surface area (Å²) in [6, 6.07) is 3.83. The number of halogens is 1. The van der Waals surface area contributed by atoms with Gasteiger partial charge in [-0.3, -0.25) is 4.79 Å². The highest BCUT2D eigenvalue weighted by molar-refractivity contribution is 8.00. The van der Waals surface area contributed by atoms with Crippen LogP contribution in [0, 0.1) is 0 Å². The fraction of sp³-hybridized carbons (Fsp3) is 0.300. The summed E-state index contributed by atoms with van der Waals surface area (Å²) in [7, 11) is 0. The van der Waals surface area contributed by atoms with Gasteiger partial charge in [-0.1, -0.05) is 24.6 Å². The van der Waals surface area contributed by atoms with E-state index in [0.717, 1.165) is 16.9 Å². The zero-order valence-corrected chi connectivity index (χ0v) is 8.84. The number of carbonyl (C=O) groups excluding carboxylic acids is 1. The van der Waals surface area contributed by atoms with Crippen molar-refractivity contribution in [3.8, 4) is 0 Å². The molecule has 1 aliphatic heterocycles. The molecule has 0 fully saturated rings. The third-order valence-electron chi connectivity index (χ3n) is 2.20. The first-order valence-electron chi connectivity index (χ1n) is 4.21. The van der Waals surface area contributed by atoms with E-state index in [1.54, 1.807) is 11.8 Å². The van der Waals surface area contributed by atoms with Crippen LogP contribution in [0.1, 0.15) is 22.8 Å². The van der Waals surface area contributed by atoms with E-state index < -0.39 is 0 Å². The molecule has 1 aromatic carbocycles. The van der Waals surface area contributed by atoms with Crippen LogP contribution < -0.4 is 0 Å². The SMILES string of the molecule is CCc1ccc(Cl)c2c1SCC2=O. The first-order valence-corrected chi connectivity index (χ1v) is 5.57. The topological polar surface area (TPSA) is 17.1 Å². The second-order valence-electron chi connectivity index (χ2n) is 2.98. The fourth-order valence-corrected chi connectivity index (χ4v) is 3.02. The summed E-state index contributed by atoms with van der Waals surface area (Å²) >= 11 is 7.57. The zero-order chi connectivity index (χ0) is 9.42. The molecule has 0 amide bonds. The Morgan fingerprint density at radius 1 is 1.54 bits per heavy atom. The number of hydrogen-bond acceptors (Lipinski definition) is 2. The Morgan fingerprint density at radius 2 is 2.31 bits per heavy atom. The van der Waals surface area contributed by atoms with E-state index in [1.807, 2.05) is 12.1 Å². The van der Waals surface area contributed by atoms with Gasteiger partial charge in [-0.2, -0.15) is 0 Å². The second-order valence-corrected chi connectivity index (χ2v) is 4.37. The van der Waals surface area contributed by atoms with Crippen LogP contribution in [-0.4, -0.2) is 11.5 Å². The molecule has 0 saturated heterocycles. The maximum atomic E-state index is 11.4. The van der Waals surface area contributed by atoms with E-state index in [-0.39, 0.29) is 5.78 Å². The minimum Gasteiger partial charge on any atom is -0.293 e. The molecule has 0 radical (unpaired) electrons. The first-order chi connectivity index (χ1) is 6.24. The molecule has 0 N–H and O–H groups in total. The molecule has 2 rings (SSSR count). The molecule has 0 saturated carbocycles. The maximum absolute atomic E-state index is 11.4. The van der Waals surface area contributed by atoms with Gasteiger partial charge >= 0.3 is 0 Å². The molecular weight excluding hydrogens is 204 g/mol.